The summed E-state index contributed by atoms with van der Waals surface area (Å²) in [5.74, 6) is -0.0976. The molecule has 1 rings (SSSR count). The number of nitrogens with two attached hydrogens (primary N) is 1. The maximum absolute atomic E-state index is 12.3. The summed E-state index contributed by atoms with van der Waals surface area (Å²) >= 11 is 1.56. The summed E-state index contributed by atoms with van der Waals surface area (Å²) in [5.41, 5.74) is 5.36. The number of carbonyl (C=O) groups is 2. The maximum atomic E-state index is 12.3. The lowest BCUT2D eigenvalue weighted by Crippen LogP contribution is -2.47. The van der Waals surface area contributed by atoms with Crippen LogP contribution in [0.5, 0.6) is 0 Å². The van der Waals surface area contributed by atoms with Gasteiger partial charge in [0.1, 0.15) is 6.04 Å². The van der Waals surface area contributed by atoms with E-state index in [1.54, 1.807) is 11.8 Å². The van der Waals surface area contributed by atoms with Crippen LogP contribution in [0.4, 0.5) is 5.69 Å². The van der Waals surface area contributed by atoms with Crippen molar-refractivity contribution in [3.05, 3.63) is 39.9 Å². The standard InChI is InChI=1S/C15H22N4O4S.ClH/c1-24-9-6-13(15(21)17-8-3-7-16)18-14(20)11-4-2-5-12(10-11)19(22)23;/h2,4-5,10,13H,3,6-9,16H2,1H3,(H,17,21)(H,18,20);1H. The summed E-state index contributed by atoms with van der Waals surface area (Å²) in [4.78, 5) is 34.7. The number of thioether (sulfide) groups is 1. The van der Waals surface area contributed by atoms with Crippen molar-refractivity contribution in [1.82, 2.24) is 10.6 Å². The number of benzene rings is 1. The van der Waals surface area contributed by atoms with Gasteiger partial charge in [0.2, 0.25) is 5.91 Å². The first kappa shape index (κ1) is 23.2. The van der Waals surface area contributed by atoms with E-state index in [0.29, 0.717) is 31.7 Å². The molecule has 0 aromatic heterocycles. The molecule has 8 nitrogen and oxygen atoms in total. The topological polar surface area (TPSA) is 127 Å². The summed E-state index contributed by atoms with van der Waals surface area (Å²) in [6.45, 7) is 0.910. The fourth-order valence-electron chi connectivity index (χ4n) is 1.94. The second-order valence-corrected chi connectivity index (χ2v) is 6.03. The van der Waals surface area contributed by atoms with Crippen molar-refractivity contribution < 1.29 is 14.5 Å². The second-order valence-electron chi connectivity index (χ2n) is 5.05. The van der Waals surface area contributed by atoms with Gasteiger partial charge >= 0.3 is 0 Å². The van der Waals surface area contributed by atoms with Crippen LogP contribution in [0.1, 0.15) is 23.2 Å². The zero-order chi connectivity index (χ0) is 17.9. The molecule has 0 fully saturated rings. The SMILES string of the molecule is CSCCC(NC(=O)c1cccc([N+](=O)[O-])c1)C(=O)NCCCN.Cl. The summed E-state index contributed by atoms with van der Waals surface area (Å²) in [6.07, 6.45) is 3.03. The van der Waals surface area contributed by atoms with E-state index in [0.717, 1.165) is 0 Å². The van der Waals surface area contributed by atoms with E-state index in [2.05, 4.69) is 10.6 Å². The Kier molecular flexibility index (Phi) is 11.6. The Hall–Kier alpha value is -1.84. The van der Waals surface area contributed by atoms with Gasteiger partial charge < -0.3 is 16.4 Å². The van der Waals surface area contributed by atoms with Crippen molar-refractivity contribution in [2.75, 3.05) is 25.1 Å². The number of rotatable bonds is 10. The largest absolute Gasteiger partial charge is 0.354 e. The van der Waals surface area contributed by atoms with Crippen LogP contribution in [-0.2, 0) is 4.79 Å². The van der Waals surface area contributed by atoms with Gasteiger partial charge in [-0.3, -0.25) is 19.7 Å². The quantitative estimate of drug-likeness (QED) is 0.314. The molecular formula is C15H23ClN4O4S. The van der Waals surface area contributed by atoms with Gasteiger partial charge in [0.25, 0.3) is 11.6 Å². The van der Waals surface area contributed by atoms with Crippen molar-refractivity contribution in [2.24, 2.45) is 5.73 Å². The average molecular weight is 391 g/mol. The smallest absolute Gasteiger partial charge is 0.270 e. The molecule has 1 atom stereocenters. The maximum Gasteiger partial charge on any atom is 0.270 e. The van der Waals surface area contributed by atoms with Crippen LogP contribution in [-0.4, -0.2) is 47.9 Å². The van der Waals surface area contributed by atoms with E-state index in [9.17, 15) is 19.7 Å². The zero-order valence-electron chi connectivity index (χ0n) is 13.9. The lowest BCUT2D eigenvalue weighted by molar-refractivity contribution is -0.384. The fourth-order valence-corrected chi connectivity index (χ4v) is 2.42. The minimum Gasteiger partial charge on any atom is -0.354 e. The van der Waals surface area contributed by atoms with Crippen LogP contribution >= 0.6 is 24.2 Å². The van der Waals surface area contributed by atoms with Gasteiger partial charge in [0, 0.05) is 24.2 Å². The number of amides is 2. The highest BCUT2D eigenvalue weighted by Gasteiger charge is 2.21. The summed E-state index contributed by atoms with van der Waals surface area (Å²) in [7, 11) is 0. The first-order chi connectivity index (χ1) is 11.5. The molecule has 1 aromatic rings. The van der Waals surface area contributed by atoms with Crippen molar-refractivity contribution in [3.63, 3.8) is 0 Å². The number of non-ortho nitro benzene ring substituents is 1. The molecule has 0 saturated heterocycles. The Balaban J connectivity index is 0.00000576. The van der Waals surface area contributed by atoms with E-state index >= 15 is 0 Å². The molecule has 0 spiro atoms. The summed E-state index contributed by atoms with van der Waals surface area (Å²) in [6, 6.07) is 4.71. The molecule has 2 amide bonds. The fraction of sp³-hybridized carbons (Fsp3) is 0.467. The Morgan fingerprint density at radius 1 is 1.40 bits per heavy atom. The van der Waals surface area contributed by atoms with E-state index in [1.807, 2.05) is 6.26 Å². The number of carbonyl (C=O) groups excluding carboxylic acids is 2. The molecule has 0 heterocycles. The molecule has 4 N–H and O–H groups in total. The lowest BCUT2D eigenvalue weighted by atomic mass is 10.1. The van der Waals surface area contributed by atoms with E-state index in [4.69, 9.17) is 5.73 Å². The Bertz CT molecular complexity index is 588. The highest BCUT2D eigenvalue weighted by atomic mass is 35.5. The van der Waals surface area contributed by atoms with Gasteiger partial charge in [0.05, 0.1) is 4.92 Å². The third kappa shape index (κ3) is 8.19. The molecule has 0 saturated carbocycles. The minimum atomic E-state index is -0.693. The highest BCUT2D eigenvalue weighted by molar-refractivity contribution is 7.98. The molecule has 0 bridgehead atoms. The molecule has 1 aromatic carbocycles. The highest BCUT2D eigenvalue weighted by Crippen LogP contribution is 2.13. The van der Waals surface area contributed by atoms with E-state index in [-0.39, 0.29) is 29.6 Å². The number of nitrogens with zero attached hydrogens (tertiary/aromatic N) is 1. The normalized spacial score (nSPS) is 11.1. The van der Waals surface area contributed by atoms with Crippen LogP contribution in [0.25, 0.3) is 0 Å². The van der Waals surface area contributed by atoms with Gasteiger partial charge in [-0.25, -0.2) is 0 Å². The van der Waals surface area contributed by atoms with Gasteiger partial charge in [-0.1, -0.05) is 6.07 Å². The first-order valence-corrected chi connectivity index (χ1v) is 8.91. The Morgan fingerprint density at radius 3 is 2.72 bits per heavy atom. The first-order valence-electron chi connectivity index (χ1n) is 7.51. The van der Waals surface area contributed by atoms with Crippen LogP contribution in [0.2, 0.25) is 0 Å². The van der Waals surface area contributed by atoms with Gasteiger partial charge in [-0.05, 0) is 37.5 Å². The lowest BCUT2D eigenvalue weighted by Gasteiger charge is -2.18. The molecule has 1 unspecified atom stereocenters. The predicted molar refractivity (Wildman–Crippen MR) is 101 cm³/mol. The monoisotopic (exact) mass is 390 g/mol. The van der Waals surface area contributed by atoms with Gasteiger partial charge in [0.15, 0.2) is 0 Å². The Labute approximate surface area is 156 Å². The number of nitrogens with one attached hydrogen (secondary N) is 2. The molecule has 10 heteroatoms. The molecule has 0 aliphatic rings. The molecule has 25 heavy (non-hydrogen) atoms. The molecule has 140 valence electrons. The Morgan fingerprint density at radius 2 is 2.12 bits per heavy atom. The molecule has 0 radical (unpaired) electrons. The van der Waals surface area contributed by atoms with Crippen LogP contribution in [0.3, 0.4) is 0 Å². The third-order valence-corrected chi connectivity index (χ3v) is 3.88. The van der Waals surface area contributed by atoms with Crippen molar-refractivity contribution in [3.8, 4) is 0 Å². The van der Waals surface area contributed by atoms with E-state index in [1.165, 1.54) is 24.3 Å². The molecule has 0 aliphatic carbocycles. The second kappa shape index (κ2) is 12.5. The van der Waals surface area contributed by atoms with Gasteiger partial charge in [-0.15, -0.1) is 12.4 Å². The van der Waals surface area contributed by atoms with Crippen molar-refractivity contribution >= 4 is 41.7 Å². The van der Waals surface area contributed by atoms with Gasteiger partial charge in [-0.2, -0.15) is 11.8 Å². The number of nitro benzene ring substituents is 1. The average Bonchev–Trinajstić information content (AvgIpc) is 2.58. The summed E-state index contributed by atoms with van der Waals surface area (Å²) in [5, 5.41) is 16.2. The number of hydrogen-bond donors (Lipinski definition) is 3. The van der Waals surface area contributed by atoms with Crippen molar-refractivity contribution in [1.29, 1.82) is 0 Å². The predicted octanol–water partition coefficient (Wildman–Crippen LogP) is 1.33. The number of nitro groups is 1. The molecular weight excluding hydrogens is 368 g/mol. The van der Waals surface area contributed by atoms with Crippen molar-refractivity contribution in [2.45, 2.75) is 18.9 Å². The summed E-state index contributed by atoms with van der Waals surface area (Å²) < 4.78 is 0. The van der Waals surface area contributed by atoms with Crippen LogP contribution in [0, 0.1) is 10.1 Å². The molecule has 0 aliphatic heterocycles. The third-order valence-electron chi connectivity index (χ3n) is 3.23. The van der Waals surface area contributed by atoms with E-state index < -0.39 is 16.9 Å². The van der Waals surface area contributed by atoms with Crippen LogP contribution < -0.4 is 16.4 Å². The zero-order valence-corrected chi connectivity index (χ0v) is 15.5. The number of halogens is 1. The number of hydrogen-bond acceptors (Lipinski definition) is 6. The van der Waals surface area contributed by atoms with Crippen LogP contribution in [0.15, 0.2) is 24.3 Å². The minimum absolute atomic E-state index is 0.